The predicted molar refractivity (Wildman–Crippen MR) is 61.1 cm³/mol. The van der Waals surface area contributed by atoms with Crippen LogP contribution in [0.3, 0.4) is 0 Å². The van der Waals surface area contributed by atoms with Crippen LogP contribution in [0.5, 0.6) is 0 Å². The van der Waals surface area contributed by atoms with Gasteiger partial charge in [0.1, 0.15) is 4.66 Å². The summed E-state index contributed by atoms with van der Waals surface area (Å²) in [5.41, 5.74) is 0. The third kappa shape index (κ3) is 4.08. The number of likely N-dealkylation sites (tertiary alicyclic amines) is 1. The number of carbonyl (C=O) groups excluding carboxylic acids is 1. The van der Waals surface area contributed by atoms with Crippen molar-refractivity contribution >= 4 is 31.9 Å². The van der Waals surface area contributed by atoms with Crippen molar-refractivity contribution in [2.45, 2.75) is 25.8 Å². The maximum atomic E-state index is 11.3. The first-order valence-corrected chi connectivity index (χ1v) is 7.56. The summed E-state index contributed by atoms with van der Waals surface area (Å²) in [6.45, 7) is 2.94. The van der Waals surface area contributed by atoms with Crippen LogP contribution in [-0.4, -0.2) is 43.0 Å². The SMILES string of the molecule is CC(CN1CCCC1=O)NS(=O)(=O)CBr. The van der Waals surface area contributed by atoms with Gasteiger partial charge < -0.3 is 4.90 Å². The molecular weight excluding hydrogens is 284 g/mol. The second kappa shape index (κ2) is 5.27. The van der Waals surface area contributed by atoms with Crippen LogP contribution in [0.2, 0.25) is 0 Å². The van der Waals surface area contributed by atoms with Crippen molar-refractivity contribution in [1.82, 2.24) is 9.62 Å². The number of hydrogen-bond donors (Lipinski definition) is 1. The normalized spacial score (nSPS) is 19.6. The summed E-state index contributed by atoms with van der Waals surface area (Å²) in [6.07, 6.45) is 1.45. The van der Waals surface area contributed by atoms with Crippen LogP contribution in [0, 0.1) is 0 Å². The molecule has 1 N–H and O–H groups in total. The van der Waals surface area contributed by atoms with E-state index in [1.54, 1.807) is 11.8 Å². The van der Waals surface area contributed by atoms with Crippen LogP contribution < -0.4 is 4.72 Å². The van der Waals surface area contributed by atoms with Crippen LogP contribution in [0.1, 0.15) is 19.8 Å². The Hall–Kier alpha value is -0.140. The molecule has 1 atom stereocenters. The van der Waals surface area contributed by atoms with E-state index in [2.05, 4.69) is 20.7 Å². The Bertz CT molecular complexity index is 331. The molecule has 1 fully saturated rings. The number of rotatable bonds is 5. The number of halogens is 1. The summed E-state index contributed by atoms with van der Waals surface area (Å²) in [4.78, 5) is 13.0. The van der Waals surface area contributed by atoms with Gasteiger partial charge in [-0.2, -0.15) is 0 Å². The molecule has 0 bridgehead atoms. The molecule has 0 aliphatic carbocycles. The molecule has 0 radical (unpaired) electrons. The van der Waals surface area contributed by atoms with Gasteiger partial charge in [0.2, 0.25) is 15.9 Å². The van der Waals surface area contributed by atoms with Crippen molar-refractivity contribution in [3.63, 3.8) is 0 Å². The molecule has 1 unspecified atom stereocenters. The standard InChI is InChI=1S/C8H15BrN2O3S/c1-7(10-15(13,14)6-9)5-11-4-2-3-8(11)12/h7,10H,2-6H2,1H3. The molecule has 1 amide bonds. The summed E-state index contributed by atoms with van der Waals surface area (Å²) < 4.78 is 24.8. The fourth-order valence-corrected chi connectivity index (χ4v) is 2.75. The maximum Gasteiger partial charge on any atom is 0.222 e. The average Bonchev–Trinajstić information content (AvgIpc) is 2.51. The number of sulfonamides is 1. The third-order valence-corrected chi connectivity index (χ3v) is 5.05. The Kier molecular flexibility index (Phi) is 4.54. The average molecular weight is 299 g/mol. The number of amides is 1. The minimum atomic E-state index is -3.25. The van der Waals surface area contributed by atoms with Gasteiger partial charge in [-0.3, -0.25) is 4.79 Å². The highest BCUT2D eigenvalue weighted by atomic mass is 79.9. The molecule has 0 saturated carbocycles. The lowest BCUT2D eigenvalue weighted by Crippen LogP contribution is -2.42. The van der Waals surface area contributed by atoms with E-state index in [-0.39, 0.29) is 16.6 Å². The van der Waals surface area contributed by atoms with Crippen molar-refractivity contribution in [2.75, 3.05) is 17.8 Å². The van der Waals surface area contributed by atoms with Crippen LogP contribution in [0.4, 0.5) is 0 Å². The zero-order valence-electron chi connectivity index (χ0n) is 8.57. The predicted octanol–water partition coefficient (Wildman–Crippen LogP) is 0.269. The molecule has 5 nitrogen and oxygen atoms in total. The lowest BCUT2D eigenvalue weighted by molar-refractivity contribution is -0.127. The van der Waals surface area contributed by atoms with Crippen molar-refractivity contribution in [1.29, 1.82) is 0 Å². The topological polar surface area (TPSA) is 66.5 Å². The minimum Gasteiger partial charge on any atom is -0.341 e. The fraction of sp³-hybridized carbons (Fsp3) is 0.875. The molecular formula is C8H15BrN2O3S. The van der Waals surface area contributed by atoms with Gasteiger partial charge in [-0.25, -0.2) is 13.1 Å². The number of carbonyl (C=O) groups is 1. The molecule has 1 aliphatic rings. The van der Waals surface area contributed by atoms with Crippen LogP contribution in [0.15, 0.2) is 0 Å². The summed E-state index contributed by atoms with van der Waals surface area (Å²) in [5.74, 6) is 0.111. The molecule has 7 heteroatoms. The minimum absolute atomic E-state index is 0.111. The molecule has 1 saturated heterocycles. The van der Waals surface area contributed by atoms with Crippen LogP contribution in [-0.2, 0) is 14.8 Å². The first-order chi connectivity index (χ1) is 6.94. The quantitative estimate of drug-likeness (QED) is 0.741. The van der Waals surface area contributed by atoms with Crippen molar-refractivity contribution in [2.24, 2.45) is 0 Å². The largest absolute Gasteiger partial charge is 0.341 e. The number of nitrogens with zero attached hydrogens (tertiary/aromatic N) is 1. The van der Waals surface area contributed by atoms with E-state index in [1.807, 2.05) is 0 Å². The Morgan fingerprint density at radius 3 is 2.73 bits per heavy atom. The second-order valence-corrected chi connectivity index (χ2v) is 6.74. The van der Waals surface area contributed by atoms with Crippen molar-refractivity contribution in [3.05, 3.63) is 0 Å². The summed E-state index contributed by atoms with van der Waals surface area (Å²) in [5, 5.41) is 0. The van der Waals surface area contributed by atoms with Gasteiger partial charge >= 0.3 is 0 Å². The maximum absolute atomic E-state index is 11.3. The van der Waals surface area contributed by atoms with E-state index < -0.39 is 10.0 Å². The van der Waals surface area contributed by atoms with E-state index in [1.165, 1.54) is 0 Å². The van der Waals surface area contributed by atoms with E-state index >= 15 is 0 Å². The Morgan fingerprint density at radius 1 is 1.60 bits per heavy atom. The molecule has 1 heterocycles. The van der Waals surface area contributed by atoms with Crippen LogP contribution >= 0.6 is 15.9 Å². The molecule has 15 heavy (non-hydrogen) atoms. The van der Waals surface area contributed by atoms with Gasteiger partial charge in [-0.05, 0) is 13.3 Å². The van der Waals surface area contributed by atoms with Gasteiger partial charge in [0.25, 0.3) is 0 Å². The summed E-state index contributed by atoms with van der Waals surface area (Å²) in [7, 11) is -3.25. The molecule has 0 spiro atoms. The van der Waals surface area contributed by atoms with Gasteiger partial charge in [0.05, 0.1) is 0 Å². The van der Waals surface area contributed by atoms with E-state index in [9.17, 15) is 13.2 Å². The summed E-state index contributed by atoms with van der Waals surface area (Å²) in [6, 6.07) is -0.241. The first kappa shape index (κ1) is 12.9. The van der Waals surface area contributed by atoms with Crippen molar-refractivity contribution < 1.29 is 13.2 Å². The third-order valence-electron chi connectivity index (χ3n) is 2.19. The molecule has 0 aromatic carbocycles. The highest BCUT2D eigenvalue weighted by Gasteiger charge is 2.23. The van der Waals surface area contributed by atoms with Gasteiger partial charge in [0.15, 0.2) is 0 Å². The number of alkyl halides is 1. The smallest absolute Gasteiger partial charge is 0.222 e. The Morgan fingerprint density at radius 2 is 2.27 bits per heavy atom. The van der Waals surface area contributed by atoms with Gasteiger partial charge in [-0.1, -0.05) is 15.9 Å². The zero-order valence-corrected chi connectivity index (χ0v) is 11.0. The van der Waals surface area contributed by atoms with E-state index in [0.29, 0.717) is 13.0 Å². The second-order valence-electron chi connectivity index (χ2n) is 3.69. The van der Waals surface area contributed by atoms with Crippen LogP contribution in [0.25, 0.3) is 0 Å². The van der Waals surface area contributed by atoms with Gasteiger partial charge in [0, 0.05) is 25.6 Å². The zero-order chi connectivity index (χ0) is 11.5. The summed E-state index contributed by atoms with van der Waals surface area (Å²) >= 11 is 2.89. The monoisotopic (exact) mass is 298 g/mol. The molecule has 1 rings (SSSR count). The lowest BCUT2D eigenvalue weighted by Gasteiger charge is -2.21. The highest BCUT2D eigenvalue weighted by Crippen LogP contribution is 2.10. The number of nitrogens with one attached hydrogen (secondary N) is 1. The fourth-order valence-electron chi connectivity index (χ4n) is 1.60. The molecule has 0 aromatic rings. The van der Waals surface area contributed by atoms with Gasteiger partial charge in [-0.15, -0.1) is 0 Å². The highest BCUT2D eigenvalue weighted by molar-refractivity contribution is 9.10. The Balaban J connectivity index is 2.42. The van der Waals surface area contributed by atoms with E-state index in [4.69, 9.17) is 0 Å². The number of hydrogen-bond acceptors (Lipinski definition) is 3. The Labute approximate surface area is 98.4 Å². The van der Waals surface area contributed by atoms with E-state index in [0.717, 1.165) is 13.0 Å². The molecule has 0 aromatic heterocycles. The molecule has 88 valence electrons. The first-order valence-electron chi connectivity index (χ1n) is 4.78. The molecule has 1 aliphatic heterocycles. The lowest BCUT2D eigenvalue weighted by atomic mass is 10.3. The van der Waals surface area contributed by atoms with Crippen molar-refractivity contribution in [3.8, 4) is 0 Å².